The summed E-state index contributed by atoms with van der Waals surface area (Å²) >= 11 is 0. The number of nitrogens with one attached hydrogen (secondary N) is 1. The number of hydrogen-bond donors (Lipinski definition) is 1. The van der Waals surface area contributed by atoms with Gasteiger partial charge in [0, 0.05) is 25.2 Å². The number of hydrogen-bond acceptors (Lipinski definition) is 4. The number of rotatable bonds is 4. The van der Waals surface area contributed by atoms with Crippen molar-refractivity contribution in [3.8, 4) is 0 Å². The van der Waals surface area contributed by atoms with Crippen molar-refractivity contribution in [2.45, 2.75) is 44.7 Å². The lowest BCUT2D eigenvalue weighted by atomic mass is 10.0. The molecule has 0 bridgehead atoms. The van der Waals surface area contributed by atoms with Crippen molar-refractivity contribution in [1.82, 2.24) is 15.1 Å². The molecule has 0 saturated carbocycles. The van der Waals surface area contributed by atoms with Gasteiger partial charge in [0.1, 0.15) is 0 Å². The van der Waals surface area contributed by atoms with Gasteiger partial charge in [-0.3, -0.25) is 9.69 Å². The molecule has 3 heterocycles. The molecule has 0 aromatic carbocycles. The Balaban J connectivity index is 1.54. The van der Waals surface area contributed by atoms with Crippen molar-refractivity contribution < 1.29 is 9.53 Å². The third-order valence-electron chi connectivity index (χ3n) is 5.25. The average Bonchev–Trinajstić information content (AvgIpc) is 3.17. The molecule has 0 aromatic heterocycles. The second-order valence-electron chi connectivity index (χ2n) is 6.63. The fourth-order valence-electron chi connectivity index (χ4n) is 4.02. The quantitative estimate of drug-likeness (QED) is 0.829. The zero-order valence-electron chi connectivity index (χ0n) is 13.2. The molecule has 0 radical (unpaired) electrons. The summed E-state index contributed by atoms with van der Waals surface area (Å²) in [6, 6.07) is 0.797. The lowest BCUT2D eigenvalue weighted by Gasteiger charge is -2.32. The monoisotopic (exact) mass is 295 g/mol. The van der Waals surface area contributed by atoms with Gasteiger partial charge in [0.25, 0.3) is 0 Å². The van der Waals surface area contributed by atoms with E-state index in [0.29, 0.717) is 25.2 Å². The fraction of sp³-hybridized carbons (Fsp3) is 0.938. The number of piperidine rings is 1. The lowest BCUT2D eigenvalue weighted by Crippen LogP contribution is -2.46. The molecule has 21 heavy (non-hydrogen) atoms. The molecule has 5 heteroatoms. The molecule has 120 valence electrons. The molecule has 3 rings (SSSR count). The number of likely N-dealkylation sites (tertiary alicyclic amines) is 2. The van der Waals surface area contributed by atoms with Crippen LogP contribution < -0.4 is 5.32 Å². The summed E-state index contributed by atoms with van der Waals surface area (Å²) < 4.78 is 5.53. The Hall–Kier alpha value is -0.650. The van der Waals surface area contributed by atoms with E-state index in [-0.39, 0.29) is 12.0 Å². The van der Waals surface area contributed by atoms with Gasteiger partial charge >= 0.3 is 0 Å². The molecule has 3 aliphatic rings. The second kappa shape index (κ2) is 7.07. The van der Waals surface area contributed by atoms with E-state index in [1.807, 2.05) is 0 Å². The summed E-state index contributed by atoms with van der Waals surface area (Å²) in [7, 11) is 0. The zero-order chi connectivity index (χ0) is 14.7. The number of nitrogens with zero attached hydrogens (tertiary/aromatic N) is 2. The molecule has 3 aliphatic heterocycles. The van der Waals surface area contributed by atoms with Crippen LogP contribution in [0.2, 0.25) is 0 Å². The predicted molar refractivity (Wildman–Crippen MR) is 82.2 cm³/mol. The van der Waals surface area contributed by atoms with Gasteiger partial charge in [-0.15, -0.1) is 0 Å². The van der Waals surface area contributed by atoms with E-state index in [1.165, 1.54) is 32.4 Å². The van der Waals surface area contributed by atoms with E-state index >= 15 is 0 Å². The number of ether oxygens (including phenoxy) is 1. The first-order valence-corrected chi connectivity index (χ1v) is 8.63. The smallest absolute Gasteiger partial charge is 0.229 e. The van der Waals surface area contributed by atoms with E-state index < -0.39 is 0 Å². The van der Waals surface area contributed by atoms with Gasteiger partial charge in [0.15, 0.2) is 0 Å². The summed E-state index contributed by atoms with van der Waals surface area (Å²) in [4.78, 5) is 17.4. The summed E-state index contributed by atoms with van der Waals surface area (Å²) in [5.41, 5.74) is 0. The first kappa shape index (κ1) is 15.3. The highest BCUT2D eigenvalue weighted by Crippen LogP contribution is 2.24. The maximum atomic E-state index is 12.7. The number of carbonyl (C=O) groups is 1. The Bertz CT molecular complexity index is 357. The molecule has 3 saturated heterocycles. The molecule has 3 atom stereocenters. The van der Waals surface area contributed by atoms with Crippen molar-refractivity contribution >= 4 is 5.91 Å². The van der Waals surface area contributed by atoms with Crippen molar-refractivity contribution in [2.75, 3.05) is 45.9 Å². The summed E-state index contributed by atoms with van der Waals surface area (Å²) in [6.07, 6.45) is 5.16. The predicted octanol–water partition coefficient (Wildman–Crippen LogP) is 0.698. The number of likely N-dealkylation sites (N-methyl/N-ethyl adjacent to an activating group) is 1. The fourth-order valence-corrected chi connectivity index (χ4v) is 4.02. The normalized spacial score (nSPS) is 34.5. The Morgan fingerprint density at radius 1 is 1.19 bits per heavy atom. The van der Waals surface area contributed by atoms with Crippen molar-refractivity contribution in [3.63, 3.8) is 0 Å². The average molecular weight is 295 g/mol. The van der Waals surface area contributed by atoms with Gasteiger partial charge < -0.3 is 15.0 Å². The maximum Gasteiger partial charge on any atom is 0.229 e. The Labute approximate surface area is 128 Å². The van der Waals surface area contributed by atoms with Crippen LogP contribution in [-0.2, 0) is 9.53 Å². The van der Waals surface area contributed by atoms with Gasteiger partial charge in [-0.1, -0.05) is 13.3 Å². The Morgan fingerprint density at radius 3 is 2.76 bits per heavy atom. The number of carbonyl (C=O) groups excluding carboxylic acids is 1. The maximum absolute atomic E-state index is 12.7. The molecule has 1 amide bonds. The summed E-state index contributed by atoms with van der Waals surface area (Å²) in [6.45, 7) is 8.54. The highest BCUT2D eigenvalue weighted by Gasteiger charge is 2.39. The molecule has 1 N–H and O–H groups in total. The van der Waals surface area contributed by atoms with Gasteiger partial charge in [-0.25, -0.2) is 0 Å². The van der Waals surface area contributed by atoms with Crippen LogP contribution in [0.3, 0.4) is 0 Å². The Kier molecular flexibility index (Phi) is 5.14. The van der Waals surface area contributed by atoms with E-state index in [1.54, 1.807) is 0 Å². The summed E-state index contributed by atoms with van der Waals surface area (Å²) in [5, 5.41) is 3.39. The van der Waals surface area contributed by atoms with Crippen LogP contribution >= 0.6 is 0 Å². The van der Waals surface area contributed by atoms with E-state index in [0.717, 1.165) is 26.1 Å². The topological polar surface area (TPSA) is 44.8 Å². The van der Waals surface area contributed by atoms with Crippen molar-refractivity contribution in [2.24, 2.45) is 5.92 Å². The minimum Gasteiger partial charge on any atom is -0.379 e. The lowest BCUT2D eigenvalue weighted by molar-refractivity contribution is -0.135. The molecule has 0 aliphatic carbocycles. The Morgan fingerprint density at radius 2 is 2.00 bits per heavy atom. The largest absolute Gasteiger partial charge is 0.379 e. The SMILES string of the molecule is CCNC1COCC1C(=O)N1CCC(N2CCCCC2)C1. The molecule has 3 fully saturated rings. The van der Waals surface area contributed by atoms with Gasteiger partial charge in [-0.2, -0.15) is 0 Å². The zero-order valence-corrected chi connectivity index (χ0v) is 13.2. The van der Waals surface area contributed by atoms with Crippen molar-refractivity contribution in [3.05, 3.63) is 0 Å². The van der Waals surface area contributed by atoms with Gasteiger partial charge in [0.2, 0.25) is 5.91 Å². The molecule has 3 unspecified atom stereocenters. The van der Waals surface area contributed by atoms with Crippen LogP contribution in [0.15, 0.2) is 0 Å². The first-order valence-electron chi connectivity index (χ1n) is 8.63. The van der Waals surface area contributed by atoms with Crippen LogP contribution in [0.5, 0.6) is 0 Å². The van der Waals surface area contributed by atoms with E-state index in [4.69, 9.17) is 4.74 Å². The highest BCUT2D eigenvalue weighted by molar-refractivity contribution is 5.80. The van der Waals surface area contributed by atoms with Crippen LogP contribution in [0.4, 0.5) is 0 Å². The molecule has 0 aromatic rings. The minimum atomic E-state index is 0.0186. The molecular formula is C16H29N3O2. The molecular weight excluding hydrogens is 266 g/mol. The van der Waals surface area contributed by atoms with Gasteiger partial charge in [-0.05, 0) is 38.9 Å². The van der Waals surface area contributed by atoms with Crippen molar-refractivity contribution in [1.29, 1.82) is 0 Å². The third kappa shape index (κ3) is 3.41. The number of amides is 1. The first-order chi connectivity index (χ1) is 10.3. The minimum absolute atomic E-state index is 0.0186. The van der Waals surface area contributed by atoms with Crippen LogP contribution in [-0.4, -0.2) is 73.7 Å². The van der Waals surface area contributed by atoms with E-state index in [2.05, 4.69) is 22.0 Å². The standard InChI is InChI=1S/C16H29N3O2/c1-2-17-15-12-21-11-14(15)16(20)19-9-6-13(10-19)18-7-4-3-5-8-18/h13-15,17H,2-12H2,1H3. The van der Waals surface area contributed by atoms with E-state index in [9.17, 15) is 4.79 Å². The van der Waals surface area contributed by atoms with Crippen LogP contribution in [0.25, 0.3) is 0 Å². The third-order valence-corrected chi connectivity index (χ3v) is 5.25. The van der Waals surface area contributed by atoms with Crippen LogP contribution in [0.1, 0.15) is 32.6 Å². The summed E-state index contributed by atoms with van der Waals surface area (Å²) in [5.74, 6) is 0.322. The highest BCUT2D eigenvalue weighted by atomic mass is 16.5. The van der Waals surface area contributed by atoms with Crippen LogP contribution in [0, 0.1) is 5.92 Å². The molecule has 5 nitrogen and oxygen atoms in total. The molecule has 0 spiro atoms. The second-order valence-corrected chi connectivity index (χ2v) is 6.63. The van der Waals surface area contributed by atoms with Gasteiger partial charge in [0.05, 0.1) is 19.1 Å².